The number of fused-ring (bicyclic) bond motifs is 1. The quantitative estimate of drug-likeness (QED) is 0.655. The largest absolute Gasteiger partial charge is 0.354 e. The summed E-state index contributed by atoms with van der Waals surface area (Å²) in [5.41, 5.74) is 1.66. The van der Waals surface area contributed by atoms with Gasteiger partial charge in [-0.25, -0.2) is 9.97 Å². The molecule has 1 saturated carbocycles. The molecular formula is C26H34N8O2. The first-order valence-electron chi connectivity index (χ1n) is 13.1. The van der Waals surface area contributed by atoms with Gasteiger partial charge in [0.25, 0.3) is 5.91 Å². The number of amides is 2. The van der Waals surface area contributed by atoms with E-state index in [1.807, 2.05) is 31.3 Å². The zero-order chi connectivity index (χ0) is 24.9. The molecule has 2 amide bonds. The molecule has 3 aliphatic heterocycles. The summed E-state index contributed by atoms with van der Waals surface area (Å²) in [6.07, 6.45) is 10.5. The van der Waals surface area contributed by atoms with E-state index in [2.05, 4.69) is 30.4 Å². The van der Waals surface area contributed by atoms with E-state index in [1.165, 1.54) is 12.8 Å². The van der Waals surface area contributed by atoms with E-state index in [0.717, 1.165) is 55.8 Å². The molecule has 4 aliphatic rings. The van der Waals surface area contributed by atoms with Crippen LogP contribution in [0.4, 0.5) is 17.5 Å². The maximum atomic E-state index is 13.0. The molecule has 36 heavy (non-hydrogen) atoms. The fourth-order valence-corrected chi connectivity index (χ4v) is 6.37. The standard InChI is InChI=1S/C26H34N8O2/c1-32(2)20-9-12-33(16-20)23(35)21-8-7-18(15-28-21)30-25-29-14-17-13-26(10-11-27-24(26)36)34(22(17)31-25)19-5-3-4-6-19/h7-8,14-15,19-20H,3-6,9-13,16H2,1-2H3,(H,27,36)(H,29,30,31)/t20-,26?/m0/s1. The number of aromatic nitrogens is 3. The van der Waals surface area contributed by atoms with Crippen molar-refractivity contribution < 1.29 is 9.59 Å². The van der Waals surface area contributed by atoms with Crippen LogP contribution in [0.2, 0.25) is 0 Å². The van der Waals surface area contributed by atoms with Gasteiger partial charge >= 0.3 is 0 Å². The van der Waals surface area contributed by atoms with Crippen LogP contribution in [-0.2, 0) is 11.2 Å². The molecule has 10 heteroatoms. The molecule has 0 radical (unpaired) electrons. The minimum atomic E-state index is -0.532. The topological polar surface area (TPSA) is 107 Å². The lowest BCUT2D eigenvalue weighted by Crippen LogP contribution is -2.56. The lowest BCUT2D eigenvalue weighted by molar-refractivity contribution is -0.123. The zero-order valence-electron chi connectivity index (χ0n) is 21.0. The molecule has 2 saturated heterocycles. The SMILES string of the molecule is CN(C)[C@H]1CCN(C(=O)c2ccc(Nc3ncc4c(n3)N(C3CCCC3)C3(CCNC3=O)C4)cn2)C1. The van der Waals surface area contributed by atoms with Gasteiger partial charge in [-0.3, -0.25) is 9.59 Å². The number of pyridine rings is 1. The van der Waals surface area contributed by atoms with Gasteiger partial charge in [-0.2, -0.15) is 4.98 Å². The summed E-state index contributed by atoms with van der Waals surface area (Å²) in [6, 6.07) is 4.33. The lowest BCUT2D eigenvalue weighted by atomic mass is 9.91. The van der Waals surface area contributed by atoms with Crippen LogP contribution in [0, 0.1) is 0 Å². The molecule has 6 rings (SSSR count). The molecule has 1 aliphatic carbocycles. The Morgan fingerprint density at radius 3 is 2.67 bits per heavy atom. The molecule has 3 fully saturated rings. The van der Waals surface area contributed by atoms with E-state index in [0.29, 0.717) is 36.7 Å². The molecule has 0 bridgehead atoms. The molecule has 1 unspecified atom stereocenters. The van der Waals surface area contributed by atoms with Crippen molar-refractivity contribution in [3.05, 3.63) is 35.8 Å². The molecule has 5 heterocycles. The second-order valence-corrected chi connectivity index (χ2v) is 10.8. The third-order valence-corrected chi connectivity index (χ3v) is 8.37. The summed E-state index contributed by atoms with van der Waals surface area (Å²) >= 11 is 0. The Balaban J connectivity index is 1.19. The zero-order valence-corrected chi connectivity index (χ0v) is 21.0. The first-order chi connectivity index (χ1) is 17.4. The lowest BCUT2D eigenvalue weighted by Gasteiger charge is -2.38. The van der Waals surface area contributed by atoms with Gasteiger partial charge in [0.15, 0.2) is 0 Å². The van der Waals surface area contributed by atoms with Crippen LogP contribution in [0.1, 0.15) is 54.6 Å². The normalized spacial score (nSPS) is 25.8. The van der Waals surface area contributed by atoms with E-state index >= 15 is 0 Å². The molecule has 1 spiro atoms. The van der Waals surface area contributed by atoms with E-state index in [4.69, 9.17) is 4.98 Å². The van der Waals surface area contributed by atoms with Gasteiger partial charge in [0.1, 0.15) is 17.1 Å². The second kappa shape index (κ2) is 8.99. The van der Waals surface area contributed by atoms with Crippen molar-refractivity contribution in [3.63, 3.8) is 0 Å². The van der Waals surface area contributed by atoms with Crippen molar-refractivity contribution in [1.82, 2.24) is 30.1 Å². The van der Waals surface area contributed by atoms with E-state index in [-0.39, 0.29) is 11.8 Å². The maximum absolute atomic E-state index is 13.0. The minimum absolute atomic E-state index is 0.0352. The number of carbonyl (C=O) groups is 2. The summed E-state index contributed by atoms with van der Waals surface area (Å²) in [4.78, 5) is 46.1. The third kappa shape index (κ3) is 3.87. The molecular weight excluding hydrogens is 456 g/mol. The molecule has 10 nitrogen and oxygen atoms in total. The summed E-state index contributed by atoms with van der Waals surface area (Å²) in [7, 11) is 4.10. The number of hydrogen-bond donors (Lipinski definition) is 2. The Hall–Kier alpha value is -3.27. The first kappa shape index (κ1) is 23.1. The Bertz CT molecular complexity index is 1160. The number of likely N-dealkylation sites (N-methyl/N-ethyl adjacent to an activating group) is 1. The van der Waals surface area contributed by atoms with Crippen LogP contribution in [0.3, 0.4) is 0 Å². The highest BCUT2D eigenvalue weighted by molar-refractivity contribution is 5.95. The Kier molecular flexibility index (Phi) is 5.78. The Morgan fingerprint density at radius 2 is 2.00 bits per heavy atom. The van der Waals surface area contributed by atoms with Crippen LogP contribution in [-0.4, -0.2) is 87.9 Å². The van der Waals surface area contributed by atoms with Crippen molar-refractivity contribution in [3.8, 4) is 0 Å². The van der Waals surface area contributed by atoms with E-state index in [1.54, 1.807) is 12.3 Å². The molecule has 2 atom stereocenters. The van der Waals surface area contributed by atoms with Crippen molar-refractivity contribution >= 4 is 29.3 Å². The van der Waals surface area contributed by atoms with E-state index < -0.39 is 5.54 Å². The minimum Gasteiger partial charge on any atom is -0.354 e. The number of hydrogen-bond acceptors (Lipinski definition) is 8. The van der Waals surface area contributed by atoms with Gasteiger partial charge in [-0.1, -0.05) is 12.8 Å². The van der Waals surface area contributed by atoms with Crippen molar-refractivity contribution in [2.75, 3.05) is 43.9 Å². The van der Waals surface area contributed by atoms with Crippen LogP contribution in [0.25, 0.3) is 0 Å². The van der Waals surface area contributed by atoms with Crippen molar-refractivity contribution in [2.24, 2.45) is 0 Å². The summed E-state index contributed by atoms with van der Waals surface area (Å²) in [5.74, 6) is 1.43. The Morgan fingerprint density at radius 1 is 1.17 bits per heavy atom. The molecule has 0 aromatic carbocycles. The van der Waals surface area contributed by atoms with Crippen LogP contribution in [0.5, 0.6) is 0 Å². The van der Waals surface area contributed by atoms with Crippen molar-refractivity contribution in [1.29, 1.82) is 0 Å². The number of nitrogens with one attached hydrogen (secondary N) is 2. The van der Waals surface area contributed by atoms with Gasteiger partial charge in [-0.05, 0) is 51.9 Å². The Labute approximate surface area is 211 Å². The number of likely N-dealkylation sites (tertiary alicyclic amines) is 1. The summed E-state index contributed by atoms with van der Waals surface area (Å²) in [5, 5.41) is 6.30. The second-order valence-electron chi connectivity index (χ2n) is 10.8. The van der Waals surface area contributed by atoms with Crippen molar-refractivity contribution in [2.45, 2.75) is 62.6 Å². The van der Waals surface area contributed by atoms with Crippen LogP contribution in [0.15, 0.2) is 24.5 Å². The average molecular weight is 491 g/mol. The third-order valence-electron chi connectivity index (χ3n) is 8.37. The highest BCUT2D eigenvalue weighted by atomic mass is 16.2. The van der Waals surface area contributed by atoms with Gasteiger partial charge in [0, 0.05) is 49.9 Å². The monoisotopic (exact) mass is 490 g/mol. The van der Waals surface area contributed by atoms with Crippen LogP contribution < -0.4 is 15.5 Å². The summed E-state index contributed by atoms with van der Waals surface area (Å²) < 4.78 is 0. The van der Waals surface area contributed by atoms with E-state index in [9.17, 15) is 9.59 Å². The first-order valence-corrected chi connectivity index (χ1v) is 13.1. The van der Waals surface area contributed by atoms with Gasteiger partial charge in [-0.15, -0.1) is 0 Å². The molecule has 2 aromatic heterocycles. The highest BCUT2D eigenvalue weighted by Gasteiger charge is 2.55. The number of nitrogens with zero attached hydrogens (tertiary/aromatic N) is 6. The molecule has 190 valence electrons. The smallest absolute Gasteiger partial charge is 0.272 e. The predicted molar refractivity (Wildman–Crippen MR) is 136 cm³/mol. The fraction of sp³-hybridized carbons (Fsp3) is 0.577. The van der Waals surface area contributed by atoms with Gasteiger partial charge < -0.3 is 25.3 Å². The molecule has 2 N–H and O–H groups in total. The fourth-order valence-electron chi connectivity index (χ4n) is 6.37. The predicted octanol–water partition coefficient (Wildman–Crippen LogP) is 1.96. The van der Waals surface area contributed by atoms with Crippen LogP contribution >= 0.6 is 0 Å². The summed E-state index contributed by atoms with van der Waals surface area (Å²) in [6.45, 7) is 2.19. The maximum Gasteiger partial charge on any atom is 0.272 e. The van der Waals surface area contributed by atoms with Gasteiger partial charge in [0.2, 0.25) is 11.9 Å². The average Bonchev–Trinajstić information content (AvgIpc) is 3.67. The number of carbonyl (C=O) groups excluding carboxylic acids is 2. The van der Waals surface area contributed by atoms with Gasteiger partial charge in [0.05, 0.1) is 11.9 Å². The highest BCUT2D eigenvalue weighted by Crippen LogP contribution is 2.46. The number of anilines is 3. The molecule has 2 aromatic rings. The number of rotatable bonds is 5.